The fourth-order valence-corrected chi connectivity index (χ4v) is 3.86. The SMILES string of the molecule is C#CCCn1nc(C(=O)c2ccccc2)nc1Cc1ccc(-c2ccccc2-c2nn[nH]n2)cc1. The Balaban J connectivity index is 1.41. The fraction of sp³-hybridized carbons (Fsp3) is 0.111. The number of nitrogens with zero attached hydrogens (tertiary/aromatic N) is 6. The minimum Gasteiger partial charge on any atom is -0.285 e. The first-order valence-electron chi connectivity index (χ1n) is 11.1. The molecule has 0 spiro atoms. The molecule has 5 rings (SSSR count). The lowest BCUT2D eigenvalue weighted by Gasteiger charge is -2.08. The van der Waals surface area contributed by atoms with Crippen LogP contribution in [0.2, 0.25) is 0 Å². The van der Waals surface area contributed by atoms with Crippen molar-refractivity contribution in [2.45, 2.75) is 19.4 Å². The summed E-state index contributed by atoms with van der Waals surface area (Å²) in [6.45, 7) is 0.497. The number of carbonyl (C=O) groups is 1. The van der Waals surface area contributed by atoms with Gasteiger partial charge >= 0.3 is 0 Å². The van der Waals surface area contributed by atoms with Crippen LogP contribution in [-0.2, 0) is 13.0 Å². The first-order chi connectivity index (χ1) is 17.2. The predicted octanol–water partition coefficient (Wildman–Crippen LogP) is 3.97. The van der Waals surface area contributed by atoms with E-state index in [4.69, 9.17) is 6.42 Å². The van der Waals surface area contributed by atoms with Crippen LogP contribution in [0.15, 0.2) is 78.9 Å². The number of rotatable bonds is 8. The molecule has 8 nitrogen and oxygen atoms in total. The Morgan fingerprint density at radius 1 is 0.943 bits per heavy atom. The number of tetrazole rings is 1. The lowest BCUT2D eigenvalue weighted by Crippen LogP contribution is -2.07. The molecule has 170 valence electrons. The number of nitrogens with one attached hydrogen (secondary N) is 1. The molecular formula is C27H21N7O. The number of hydrogen-bond acceptors (Lipinski definition) is 6. The molecule has 8 heteroatoms. The first kappa shape index (κ1) is 21.9. The third kappa shape index (κ3) is 4.75. The van der Waals surface area contributed by atoms with Crippen LogP contribution in [0.4, 0.5) is 0 Å². The van der Waals surface area contributed by atoms with Crippen molar-refractivity contribution >= 4 is 5.78 Å². The highest BCUT2D eigenvalue weighted by atomic mass is 16.1. The Hall–Kier alpha value is -4.90. The van der Waals surface area contributed by atoms with Crippen molar-refractivity contribution in [1.82, 2.24) is 35.4 Å². The summed E-state index contributed by atoms with van der Waals surface area (Å²) in [6, 6.07) is 25.1. The van der Waals surface area contributed by atoms with Gasteiger partial charge in [0.05, 0.1) is 6.54 Å². The maximum Gasteiger partial charge on any atom is 0.232 e. The van der Waals surface area contributed by atoms with Crippen LogP contribution in [0.3, 0.4) is 0 Å². The van der Waals surface area contributed by atoms with Gasteiger partial charge in [0.1, 0.15) is 5.82 Å². The molecule has 0 unspecified atom stereocenters. The molecule has 0 aliphatic heterocycles. The molecule has 1 N–H and O–H groups in total. The number of aryl methyl sites for hydroxylation is 1. The van der Waals surface area contributed by atoms with Gasteiger partial charge in [0, 0.05) is 24.0 Å². The van der Waals surface area contributed by atoms with E-state index in [1.54, 1.807) is 16.8 Å². The molecule has 0 radical (unpaired) electrons. The highest BCUT2D eigenvalue weighted by Gasteiger charge is 2.18. The summed E-state index contributed by atoms with van der Waals surface area (Å²) in [4.78, 5) is 17.4. The summed E-state index contributed by atoms with van der Waals surface area (Å²) in [7, 11) is 0. The van der Waals surface area contributed by atoms with Crippen LogP contribution >= 0.6 is 0 Å². The number of benzene rings is 3. The van der Waals surface area contributed by atoms with Crippen LogP contribution in [0.5, 0.6) is 0 Å². The zero-order chi connectivity index (χ0) is 24.0. The lowest BCUT2D eigenvalue weighted by molar-refractivity contribution is 0.102. The molecule has 35 heavy (non-hydrogen) atoms. The number of carbonyl (C=O) groups excluding carboxylic acids is 1. The van der Waals surface area contributed by atoms with Crippen molar-refractivity contribution < 1.29 is 4.79 Å². The molecule has 5 aromatic rings. The second-order valence-corrected chi connectivity index (χ2v) is 7.88. The van der Waals surface area contributed by atoms with Gasteiger partial charge in [-0.05, 0) is 21.9 Å². The van der Waals surface area contributed by atoms with Crippen molar-refractivity contribution in [3.05, 3.63) is 102 Å². The Labute approximate surface area is 202 Å². The van der Waals surface area contributed by atoms with Crippen molar-refractivity contribution in [2.24, 2.45) is 0 Å². The molecule has 0 bridgehead atoms. The summed E-state index contributed by atoms with van der Waals surface area (Å²) in [5, 5.41) is 18.9. The monoisotopic (exact) mass is 459 g/mol. The Kier molecular flexibility index (Phi) is 6.22. The highest BCUT2D eigenvalue weighted by molar-refractivity contribution is 6.06. The minimum atomic E-state index is -0.209. The molecular weight excluding hydrogens is 438 g/mol. The van der Waals surface area contributed by atoms with E-state index in [1.807, 2.05) is 66.7 Å². The number of aromatic nitrogens is 7. The van der Waals surface area contributed by atoms with E-state index in [0.717, 1.165) is 22.3 Å². The van der Waals surface area contributed by atoms with E-state index < -0.39 is 0 Å². The minimum absolute atomic E-state index is 0.175. The molecule has 0 amide bonds. The predicted molar refractivity (Wildman–Crippen MR) is 131 cm³/mol. The normalized spacial score (nSPS) is 10.7. The summed E-state index contributed by atoms with van der Waals surface area (Å²) in [6.07, 6.45) is 6.48. The Morgan fingerprint density at radius 3 is 2.40 bits per heavy atom. The fourth-order valence-electron chi connectivity index (χ4n) is 3.86. The van der Waals surface area contributed by atoms with Crippen molar-refractivity contribution in [1.29, 1.82) is 0 Å². The van der Waals surface area contributed by atoms with E-state index in [-0.39, 0.29) is 11.6 Å². The standard InChI is InChI=1S/C27H21N7O/c1-2-3-17-34-24(28-27(31-34)25(35)21-9-5-4-6-10-21)18-19-13-15-20(16-14-19)22-11-7-8-12-23(22)26-29-32-33-30-26/h1,4-16H,3,17-18H2,(H,29,30,32,33). The zero-order valence-corrected chi connectivity index (χ0v) is 18.8. The Morgan fingerprint density at radius 2 is 1.69 bits per heavy atom. The van der Waals surface area contributed by atoms with Gasteiger partial charge in [-0.3, -0.25) is 4.79 Å². The number of H-pyrrole nitrogens is 1. The van der Waals surface area contributed by atoms with Gasteiger partial charge in [0.2, 0.25) is 17.4 Å². The second-order valence-electron chi connectivity index (χ2n) is 7.88. The van der Waals surface area contributed by atoms with Crippen LogP contribution in [-0.4, -0.2) is 41.2 Å². The van der Waals surface area contributed by atoms with Gasteiger partial charge < -0.3 is 0 Å². The number of hydrogen-bond donors (Lipinski definition) is 1. The number of terminal acetylenes is 1. The van der Waals surface area contributed by atoms with E-state index >= 15 is 0 Å². The third-order valence-electron chi connectivity index (χ3n) is 5.60. The van der Waals surface area contributed by atoms with Crippen molar-refractivity contribution in [2.75, 3.05) is 0 Å². The zero-order valence-electron chi connectivity index (χ0n) is 18.8. The molecule has 0 saturated heterocycles. The van der Waals surface area contributed by atoms with Crippen LogP contribution in [0, 0.1) is 12.3 Å². The van der Waals surface area contributed by atoms with Gasteiger partial charge in [-0.1, -0.05) is 78.9 Å². The smallest absolute Gasteiger partial charge is 0.232 e. The molecule has 0 aliphatic rings. The highest BCUT2D eigenvalue weighted by Crippen LogP contribution is 2.30. The third-order valence-corrected chi connectivity index (χ3v) is 5.60. The summed E-state index contributed by atoms with van der Waals surface area (Å²) < 4.78 is 1.73. The van der Waals surface area contributed by atoms with Gasteiger partial charge in [-0.2, -0.15) is 5.21 Å². The molecule has 2 aromatic heterocycles. The maximum atomic E-state index is 12.9. The molecule has 0 fully saturated rings. The molecule has 3 aromatic carbocycles. The second kappa shape index (κ2) is 9.93. The van der Waals surface area contributed by atoms with Crippen LogP contribution < -0.4 is 0 Å². The van der Waals surface area contributed by atoms with Gasteiger partial charge in [-0.15, -0.1) is 27.6 Å². The maximum absolute atomic E-state index is 12.9. The molecule has 0 atom stereocenters. The van der Waals surface area contributed by atoms with Crippen molar-refractivity contribution in [3.63, 3.8) is 0 Å². The number of aromatic amines is 1. The van der Waals surface area contributed by atoms with Crippen LogP contribution in [0.25, 0.3) is 22.5 Å². The lowest BCUT2D eigenvalue weighted by atomic mass is 9.98. The summed E-state index contributed by atoms with van der Waals surface area (Å²) >= 11 is 0. The van der Waals surface area contributed by atoms with Crippen LogP contribution in [0.1, 0.15) is 34.0 Å². The largest absolute Gasteiger partial charge is 0.285 e. The quantitative estimate of drug-likeness (QED) is 0.278. The van der Waals surface area contributed by atoms with Gasteiger partial charge in [-0.25, -0.2) is 9.67 Å². The van der Waals surface area contributed by atoms with E-state index in [2.05, 4.69) is 36.6 Å². The molecule has 0 saturated carbocycles. The molecule has 0 aliphatic carbocycles. The van der Waals surface area contributed by atoms with Gasteiger partial charge in [0.25, 0.3) is 0 Å². The first-order valence-corrected chi connectivity index (χ1v) is 11.1. The topological polar surface area (TPSA) is 102 Å². The average molecular weight is 460 g/mol. The van der Waals surface area contributed by atoms with E-state index in [9.17, 15) is 4.79 Å². The van der Waals surface area contributed by atoms with Gasteiger partial charge in [0.15, 0.2) is 0 Å². The van der Waals surface area contributed by atoms with Crippen molar-refractivity contribution in [3.8, 4) is 34.9 Å². The average Bonchev–Trinajstić information content (AvgIpc) is 3.59. The van der Waals surface area contributed by atoms with E-state index in [1.165, 1.54) is 0 Å². The Bertz CT molecular complexity index is 1480. The number of ketones is 1. The summed E-state index contributed by atoms with van der Waals surface area (Å²) in [5.74, 6) is 3.83. The summed E-state index contributed by atoms with van der Waals surface area (Å²) in [5.41, 5.74) is 4.53. The van der Waals surface area contributed by atoms with E-state index in [0.29, 0.717) is 36.6 Å². The molecule has 2 heterocycles.